The van der Waals surface area contributed by atoms with Crippen LogP contribution in [0.25, 0.3) is 0 Å². The second-order valence-electron chi connectivity index (χ2n) is 4.80. The second-order valence-corrected chi connectivity index (χ2v) is 4.80. The number of amides is 1. The summed E-state index contributed by atoms with van der Waals surface area (Å²) in [6.07, 6.45) is -0.643. The molecule has 0 heterocycles. The average molecular weight is 233 g/mol. The largest absolute Gasteiger partial charge is 0.444 e. The first-order valence-electron chi connectivity index (χ1n) is 5.56. The number of hydrogen-bond donors (Lipinski definition) is 3. The molecule has 0 aromatic rings. The standard InChI is InChI=1S/C11H23NO4/c1-5-8(7-13)9(14)6-12-10(15)16-11(2,3)4/h8-9,13-14H,5-7H2,1-4H3,(H,12,15)/t8-,9+/m1/s1. The van der Waals surface area contributed by atoms with Crippen molar-refractivity contribution in [3.8, 4) is 0 Å². The highest BCUT2D eigenvalue weighted by molar-refractivity contribution is 5.67. The monoisotopic (exact) mass is 233 g/mol. The summed E-state index contributed by atoms with van der Waals surface area (Å²) in [5.74, 6) is -0.213. The minimum atomic E-state index is -0.748. The number of carbonyl (C=O) groups excluding carboxylic acids is 1. The van der Waals surface area contributed by atoms with Gasteiger partial charge in [-0.25, -0.2) is 4.79 Å². The molecule has 2 atom stereocenters. The molecule has 0 saturated heterocycles. The number of aliphatic hydroxyl groups excluding tert-OH is 2. The third kappa shape index (κ3) is 6.63. The molecule has 0 saturated carbocycles. The van der Waals surface area contributed by atoms with E-state index >= 15 is 0 Å². The maximum absolute atomic E-state index is 11.3. The third-order valence-corrected chi connectivity index (χ3v) is 2.16. The zero-order valence-corrected chi connectivity index (χ0v) is 10.5. The zero-order valence-electron chi connectivity index (χ0n) is 10.5. The van der Waals surface area contributed by atoms with Crippen molar-refractivity contribution in [2.75, 3.05) is 13.2 Å². The van der Waals surface area contributed by atoms with E-state index in [1.807, 2.05) is 6.92 Å². The van der Waals surface area contributed by atoms with Crippen LogP contribution in [0.5, 0.6) is 0 Å². The van der Waals surface area contributed by atoms with E-state index in [1.165, 1.54) is 0 Å². The van der Waals surface area contributed by atoms with Gasteiger partial charge < -0.3 is 20.3 Å². The van der Waals surface area contributed by atoms with Gasteiger partial charge in [0.2, 0.25) is 0 Å². The Morgan fingerprint density at radius 1 is 1.44 bits per heavy atom. The van der Waals surface area contributed by atoms with E-state index in [0.29, 0.717) is 6.42 Å². The summed E-state index contributed by atoms with van der Waals surface area (Å²) in [6, 6.07) is 0. The number of rotatable bonds is 5. The molecule has 0 unspecified atom stereocenters. The van der Waals surface area contributed by atoms with Crippen LogP contribution in [0, 0.1) is 5.92 Å². The van der Waals surface area contributed by atoms with Gasteiger partial charge in [-0.1, -0.05) is 6.92 Å². The Morgan fingerprint density at radius 2 is 2.00 bits per heavy atom. The van der Waals surface area contributed by atoms with Crippen molar-refractivity contribution >= 4 is 6.09 Å². The van der Waals surface area contributed by atoms with E-state index in [-0.39, 0.29) is 19.1 Å². The van der Waals surface area contributed by atoms with Gasteiger partial charge in [-0.05, 0) is 27.2 Å². The van der Waals surface area contributed by atoms with Gasteiger partial charge in [0.25, 0.3) is 0 Å². The zero-order chi connectivity index (χ0) is 12.8. The van der Waals surface area contributed by atoms with Crippen molar-refractivity contribution in [2.45, 2.75) is 45.8 Å². The van der Waals surface area contributed by atoms with Crippen molar-refractivity contribution in [1.29, 1.82) is 0 Å². The number of aliphatic hydroxyl groups is 2. The van der Waals surface area contributed by atoms with Crippen LogP contribution < -0.4 is 5.32 Å². The summed E-state index contributed by atoms with van der Waals surface area (Å²) in [6.45, 7) is 7.18. The fourth-order valence-electron chi connectivity index (χ4n) is 1.19. The first-order valence-corrected chi connectivity index (χ1v) is 5.56. The highest BCUT2D eigenvalue weighted by atomic mass is 16.6. The minimum absolute atomic E-state index is 0.0896. The SMILES string of the molecule is CC[C@H](CO)[C@@H](O)CNC(=O)OC(C)(C)C. The van der Waals surface area contributed by atoms with Gasteiger partial charge in [-0.15, -0.1) is 0 Å². The molecule has 16 heavy (non-hydrogen) atoms. The molecule has 96 valence electrons. The quantitative estimate of drug-likeness (QED) is 0.659. The Kier molecular flexibility index (Phi) is 6.36. The minimum Gasteiger partial charge on any atom is -0.444 e. The maximum Gasteiger partial charge on any atom is 0.407 e. The molecule has 0 aliphatic carbocycles. The van der Waals surface area contributed by atoms with Crippen molar-refractivity contribution in [1.82, 2.24) is 5.32 Å². The Hall–Kier alpha value is -0.810. The highest BCUT2D eigenvalue weighted by Crippen LogP contribution is 2.08. The molecule has 5 nitrogen and oxygen atoms in total. The van der Waals surface area contributed by atoms with Gasteiger partial charge in [-0.2, -0.15) is 0 Å². The molecule has 0 aliphatic rings. The average Bonchev–Trinajstić information content (AvgIpc) is 2.14. The number of nitrogens with one attached hydrogen (secondary N) is 1. The van der Waals surface area contributed by atoms with Crippen LogP contribution in [0.15, 0.2) is 0 Å². The van der Waals surface area contributed by atoms with E-state index in [4.69, 9.17) is 9.84 Å². The van der Waals surface area contributed by atoms with Gasteiger partial charge >= 0.3 is 6.09 Å². The molecule has 5 heteroatoms. The van der Waals surface area contributed by atoms with Crippen molar-refractivity contribution in [3.05, 3.63) is 0 Å². The molecule has 0 rings (SSSR count). The summed E-state index contributed by atoms with van der Waals surface area (Å²) >= 11 is 0. The summed E-state index contributed by atoms with van der Waals surface area (Å²) in [7, 11) is 0. The lowest BCUT2D eigenvalue weighted by atomic mass is 10.0. The summed E-state index contributed by atoms with van der Waals surface area (Å²) in [4.78, 5) is 11.3. The number of hydrogen-bond acceptors (Lipinski definition) is 4. The molecule has 0 fully saturated rings. The molecule has 0 bridgehead atoms. The van der Waals surface area contributed by atoms with Gasteiger partial charge in [-0.3, -0.25) is 0 Å². The van der Waals surface area contributed by atoms with E-state index in [0.717, 1.165) is 0 Å². The van der Waals surface area contributed by atoms with Gasteiger partial charge in [0.05, 0.1) is 6.10 Å². The van der Waals surface area contributed by atoms with E-state index in [2.05, 4.69) is 5.32 Å². The second kappa shape index (κ2) is 6.70. The molecule has 0 aromatic heterocycles. The molecule has 0 radical (unpaired) electrons. The molecule has 0 aliphatic heterocycles. The van der Waals surface area contributed by atoms with E-state index in [9.17, 15) is 9.90 Å². The van der Waals surface area contributed by atoms with Crippen LogP contribution in [0.2, 0.25) is 0 Å². The molecule has 3 N–H and O–H groups in total. The van der Waals surface area contributed by atoms with E-state index < -0.39 is 17.8 Å². The van der Waals surface area contributed by atoms with Crippen molar-refractivity contribution in [2.24, 2.45) is 5.92 Å². The van der Waals surface area contributed by atoms with Gasteiger partial charge in [0.1, 0.15) is 5.60 Å². The number of alkyl carbamates (subject to hydrolysis) is 1. The summed E-state index contributed by atoms with van der Waals surface area (Å²) in [5, 5.41) is 21.0. The van der Waals surface area contributed by atoms with Crippen LogP contribution >= 0.6 is 0 Å². The van der Waals surface area contributed by atoms with Crippen LogP contribution in [-0.2, 0) is 4.74 Å². The molecular weight excluding hydrogens is 210 g/mol. The normalized spacial score (nSPS) is 15.4. The third-order valence-electron chi connectivity index (χ3n) is 2.16. The Balaban J connectivity index is 3.92. The Morgan fingerprint density at radius 3 is 2.38 bits per heavy atom. The number of ether oxygens (including phenoxy) is 1. The predicted octanol–water partition coefficient (Wildman–Crippen LogP) is 0.890. The van der Waals surface area contributed by atoms with Crippen molar-refractivity contribution < 1.29 is 19.7 Å². The van der Waals surface area contributed by atoms with E-state index in [1.54, 1.807) is 20.8 Å². The molecule has 1 amide bonds. The lowest BCUT2D eigenvalue weighted by Crippen LogP contribution is -2.40. The maximum atomic E-state index is 11.3. The van der Waals surface area contributed by atoms with Gasteiger partial charge in [0.15, 0.2) is 0 Å². The Bertz CT molecular complexity index is 209. The first-order chi connectivity index (χ1) is 7.30. The molecule has 0 spiro atoms. The lowest BCUT2D eigenvalue weighted by molar-refractivity contribution is 0.0385. The van der Waals surface area contributed by atoms with Gasteiger partial charge in [0, 0.05) is 19.1 Å². The topological polar surface area (TPSA) is 78.8 Å². The summed E-state index contributed by atoms with van der Waals surface area (Å²) < 4.78 is 5.01. The van der Waals surface area contributed by atoms with Crippen LogP contribution in [0.4, 0.5) is 4.79 Å². The van der Waals surface area contributed by atoms with Crippen molar-refractivity contribution in [3.63, 3.8) is 0 Å². The highest BCUT2D eigenvalue weighted by Gasteiger charge is 2.20. The molecular formula is C11H23NO4. The Labute approximate surface area is 96.8 Å². The fourth-order valence-corrected chi connectivity index (χ4v) is 1.19. The smallest absolute Gasteiger partial charge is 0.407 e. The molecule has 0 aromatic carbocycles. The lowest BCUT2D eigenvalue weighted by Gasteiger charge is -2.22. The fraction of sp³-hybridized carbons (Fsp3) is 0.909. The first kappa shape index (κ1) is 15.2. The van der Waals surface area contributed by atoms with Crippen LogP contribution in [-0.4, -0.2) is 41.2 Å². The van der Waals surface area contributed by atoms with Crippen LogP contribution in [0.1, 0.15) is 34.1 Å². The predicted molar refractivity (Wildman–Crippen MR) is 61.1 cm³/mol. The number of carbonyl (C=O) groups is 1. The van der Waals surface area contributed by atoms with Crippen LogP contribution in [0.3, 0.4) is 0 Å². The summed E-state index contributed by atoms with van der Waals surface area (Å²) in [5.41, 5.74) is -0.545.